The molecule has 2 aliphatic carbocycles. The van der Waals surface area contributed by atoms with Crippen LogP contribution in [0.25, 0.3) is 11.1 Å². The lowest BCUT2D eigenvalue weighted by atomic mass is 9.98. The SMILES string of the molecule is O=C(CCCCCCNC(=O)OCC1c2ccccc2-c2ccccc21)NC1CCCC1C(=O)O. The number of aliphatic carboxylic acids is 1. The Balaban J connectivity index is 1.09. The zero-order valence-corrected chi connectivity index (χ0v) is 20.0. The van der Waals surface area contributed by atoms with Crippen molar-refractivity contribution in [2.24, 2.45) is 5.92 Å². The van der Waals surface area contributed by atoms with E-state index >= 15 is 0 Å². The molecule has 2 amide bonds. The lowest BCUT2D eigenvalue weighted by molar-refractivity contribution is -0.142. The summed E-state index contributed by atoms with van der Waals surface area (Å²) < 4.78 is 5.54. The smallest absolute Gasteiger partial charge is 0.407 e. The molecule has 7 heteroatoms. The molecule has 186 valence electrons. The second-order valence-electron chi connectivity index (χ2n) is 9.47. The van der Waals surface area contributed by atoms with Crippen LogP contribution in [0.15, 0.2) is 48.5 Å². The molecule has 0 radical (unpaired) electrons. The van der Waals surface area contributed by atoms with Crippen LogP contribution in [0.3, 0.4) is 0 Å². The molecule has 0 bridgehead atoms. The van der Waals surface area contributed by atoms with Gasteiger partial charge in [-0.25, -0.2) is 4.79 Å². The summed E-state index contributed by atoms with van der Waals surface area (Å²) in [6.07, 6.45) is 5.57. The Morgan fingerprint density at radius 1 is 0.886 bits per heavy atom. The fourth-order valence-corrected chi connectivity index (χ4v) is 5.31. The number of amides is 2. The van der Waals surface area contributed by atoms with Crippen molar-refractivity contribution in [2.45, 2.75) is 63.3 Å². The Morgan fingerprint density at radius 2 is 1.54 bits per heavy atom. The maximum Gasteiger partial charge on any atom is 0.407 e. The zero-order chi connectivity index (χ0) is 24.6. The molecular weight excluding hydrogens is 444 g/mol. The van der Waals surface area contributed by atoms with E-state index in [2.05, 4.69) is 34.9 Å². The van der Waals surface area contributed by atoms with Crippen LogP contribution in [0.2, 0.25) is 0 Å². The number of hydrogen-bond acceptors (Lipinski definition) is 4. The van der Waals surface area contributed by atoms with Gasteiger partial charge in [-0.05, 0) is 47.9 Å². The number of ether oxygens (including phenoxy) is 1. The third-order valence-electron chi connectivity index (χ3n) is 7.12. The van der Waals surface area contributed by atoms with E-state index < -0.39 is 18.0 Å². The summed E-state index contributed by atoms with van der Waals surface area (Å²) in [5.74, 6) is -1.30. The largest absolute Gasteiger partial charge is 0.481 e. The van der Waals surface area contributed by atoms with Crippen LogP contribution in [0.5, 0.6) is 0 Å². The molecule has 1 fully saturated rings. The Morgan fingerprint density at radius 3 is 2.23 bits per heavy atom. The number of nitrogens with one attached hydrogen (secondary N) is 2. The van der Waals surface area contributed by atoms with Crippen molar-refractivity contribution in [3.8, 4) is 11.1 Å². The molecule has 7 nitrogen and oxygen atoms in total. The molecule has 35 heavy (non-hydrogen) atoms. The Labute approximate surface area is 206 Å². The highest BCUT2D eigenvalue weighted by Gasteiger charge is 2.33. The minimum Gasteiger partial charge on any atom is -0.481 e. The number of alkyl carbamates (subject to hydrolysis) is 1. The van der Waals surface area contributed by atoms with Gasteiger partial charge in [-0.1, -0.05) is 67.8 Å². The highest BCUT2D eigenvalue weighted by atomic mass is 16.5. The van der Waals surface area contributed by atoms with Crippen LogP contribution in [-0.4, -0.2) is 42.3 Å². The van der Waals surface area contributed by atoms with Crippen LogP contribution in [0.1, 0.15) is 68.4 Å². The van der Waals surface area contributed by atoms with E-state index in [1.807, 2.05) is 24.3 Å². The van der Waals surface area contributed by atoms with Gasteiger partial charge in [-0.3, -0.25) is 9.59 Å². The number of rotatable bonds is 11. The van der Waals surface area contributed by atoms with Crippen molar-refractivity contribution in [1.29, 1.82) is 0 Å². The van der Waals surface area contributed by atoms with Crippen molar-refractivity contribution >= 4 is 18.0 Å². The molecule has 2 atom stereocenters. The molecule has 2 aliphatic rings. The van der Waals surface area contributed by atoms with E-state index in [0.29, 0.717) is 26.0 Å². The minimum absolute atomic E-state index is 0.0503. The predicted molar refractivity (Wildman–Crippen MR) is 133 cm³/mol. The number of hydrogen-bond donors (Lipinski definition) is 3. The van der Waals surface area contributed by atoms with Gasteiger partial charge in [0.25, 0.3) is 0 Å². The standard InChI is InChI=1S/C28H34N2O5/c31-26(30-25-15-9-14-23(25)27(32)33)16-3-1-2-8-17-29-28(34)35-18-24-21-12-6-4-10-19(21)20-11-5-7-13-22(20)24/h4-7,10-13,23-25H,1-3,8-9,14-18H2,(H,29,34)(H,30,31)(H,32,33). The van der Waals surface area contributed by atoms with E-state index in [-0.39, 0.29) is 17.9 Å². The maximum atomic E-state index is 12.2. The molecule has 3 N–H and O–H groups in total. The first kappa shape index (κ1) is 24.8. The van der Waals surface area contributed by atoms with Gasteiger partial charge >= 0.3 is 12.1 Å². The van der Waals surface area contributed by atoms with Gasteiger partial charge in [0.05, 0.1) is 5.92 Å². The average Bonchev–Trinajstić information content (AvgIpc) is 3.45. The Bertz CT molecular complexity index is 1010. The van der Waals surface area contributed by atoms with Gasteiger partial charge in [-0.15, -0.1) is 0 Å². The van der Waals surface area contributed by atoms with Gasteiger partial charge in [0.2, 0.25) is 5.91 Å². The third-order valence-corrected chi connectivity index (χ3v) is 7.12. The maximum absolute atomic E-state index is 12.2. The van der Waals surface area contributed by atoms with Crippen LogP contribution in [-0.2, 0) is 14.3 Å². The molecule has 2 aromatic carbocycles. The minimum atomic E-state index is -0.822. The first-order valence-corrected chi connectivity index (χ1v) is 12.7. The highest BCUT2D eigenvalue weighted by molar-refractivity contribution is 5.79. The second kappa shape index (κ2) is 11.9. The van der Waals surface area contributed by atoms with Gasteiger partial charge in [0.1, 0.15) is 6.61 Å². The van der Waals surface area contributed by atoms with E-state index in [9.17, 15) is 19.5 Å². The number of carbonyl (C=O) groups is 3. The summed E-state index contributed by atoms with van der Waals surface area (Å²) in [7, 11) is 0. The Kier molecular flexibility index (Phi) is 8.40. The van der Waals surface area contributed by atoms with Crippen LogP contribution in [0, 0.1) is 5.92 Å². The molecule has 2 aromatic rings. The highest BCUT2D eigenvalue weighted by Crippen LogP contribution is 2.44. The van der Waals surface area contributed by atoms with Crippen molar-refractivity contribution in [3.05, 3.63) is 59.7 Å². The number of fused-ring (bicyclic) bond motifs is 3. The second-order valence-corrected chi connectivity index (χ2v) is 9.47. The summed E-state index contributed by atoms with van der Waals surface area (Å²) in [6, 6.07) is 16.3. The molecule has 2 unspecified atom stereocenters. The number of benzene rings is 2. The van der Waals surface area contributed by atoms with Crippen molar-refractivity contribution < 1.29 is 24.2 Å². The van der Waals surface area contributed by atoms with Crippen LogP contribution >= 0.6 is 0 Å². The van der Waals surface area contributed by atoms with Gasteiger partial charge in [0, 0.05) is 24.9 Å². The van der Waals surface area contributed by atoms with Crippen LogP contribution in [0.4, 0.5) is 4.79 Å². The molecule has 0 heterocycles. The number of carboxylic acid groups (broad SMARTS) is 1. The number of carbonyl (C=O) groups excluding carboxylic acids is 2. The molecule has 0 saturated heterocycles. The molecule has 0 aliphatic heterocycles. The first-order valence-electron chi connectivity index (χ1n) is 12.7. The quantitative estimate of drug-likeness (QED) is 0.401. The van der Waals surface area contributed by atoms with E-state index in [0.717, 1.165) is 38.5 Å². The molecule has 4 rings (SSSR count). The molecular formula is C28H34N2O5. The van der Waals surface area contributed by atoms with E-state index in [1.54, 1.807) is 0 Å². The topological polar surface area (TPSA) is 105 Å². The molecule has 0 spiro atoms. The fraction of sp³-hybridized carbons (Fsp3) is 0.464. The van der Waals surface area contributed by atoms with Crippen LogP contribution < -0.4 is 10.6 Å². The van der Waals surface area contributed by atoms with Gasteiger partial charge in [-0.2, -0.15) is 0 Å². The third kappa shape index (κ3) is 6.21. The average molecular weight is 479 g/mol. The summed E-state index contributed by atoms with van der Waals surface area (Å²) in [6.45, 7) is 0.837. The predicted octanol–water partition coefficient (Wildman–Crippen LogP) is 4.85. The zero-order valence-electron chi connectivity index (χ0n) is 20.0. The summed E-state index contributed by atoms with van der Waals surface area (Å²) in [4.78, 5) is 35.5. The normalized spacial score (nSPS) is 18.5. The van der Waals surface area contributed by atoms with Crippen molar-refractivity contribution in [1.82, 2.24) is 10.6 Å². The summed E-state index contributed by atoms with van der Waals surface area (Å²) in [5, 5.41) is 14.9. The lowest BCUT2D eigenvalue weighted by Crippen LogP contribution is -2.40. The first-order chi connectivity index (χ1) is 17.0. The van der Waals surface area contributed by atoms with E-state index in [1.165, 1.54) is 22.3 Å². The van der Waals surface area contributed by atoms with E-state index in [4.69, 9.17) is 4.74 Å². The molecule has 0 aromatic heterocycles. The van der Waals surface area contributed by atoms with Gasteiger partial charge in [0.15, 0.2) is 0 Å². The van der Waals surface area contributed by atoms with Gasteiger partial charge < -0.3 is 20.5 Å². The lowest BCUT2D eigenvalue weighted by Gasteiger charge is -2.17. The summed E-state index contributed by atoms with van der Waals surface area (Å²) >= 11 is 0. The number of unbranched alkanes of at least 4 members (excludes halogenated alkanes) is 3. The Hall–Kier alpha value is -3.35. The number of carboxylic acids is 1. The van der Waals surface area contributed by atoms with Crippen molar-refractivity contribution in [3.63, 3.8) is 0 Å². The van der Waals surface area contributed by atoms with Crippen molar-refractivity contribution in [2.75, 3.05) is 13.2 Å². The summed E-state index contributed by atoms with van der Waals surface area (Å²) in [5.41, 5.74) is 4.79. The monoisotopic (exact) mass is 478 g/mol. The fourth-order valence-electron chi connectivity index (χ4n) is 5.31. The molecule has 1 saturated carbocycles.